The first-order valence-electron chi connectivity index (χ1n) is 7.07. The van der Waals surface area contributed by atoms with Gasteiger partial charge in [0, 0.05) is 24.2 Å². The molecule has 2 aromatic rings. The summed E-state index contributed by atoms with van der Waals surface area (Å²) in [5.74, 6) is -0.0526. The number of rotatable bonds is 5. The molecule has 1 atom stereocenters. The molecule has 2 N–H and O–H groups in total. The number of nitrogens with one attached hydrogen (secondary N) is 2. The summed E-state index contributed by atoms with van der Waals surface area (Å²) in [6.45, 7) is 1.37. The summed E-state index contributed by atoms with van der Waals surface area (Å²) in [5.41, 5.74) is 2.80. The van der Waals surface area contributed by atoms with Crippen LogP contribution < -0.4 is 15.6 Å². The molecule has 0 spiro atoms. The van der Waals surface area contributed by atoms with Crippen LogP contribution in [0.1, 0.15) is 12.5 Å². The first-order chi connectivity index (χ1) is 10.9. The second-order valence-corrected chi connectivity index (χ2v) is 6.10. The molecule has 122 valence electrons. The number of H-pyrrole nitrogens is 1. The van der Waals surface area contributed by atoms with Crippen molar-refractivity contribution in [2.24, 2.45) is 0 Å². The third kappa shape index (κ3) is 3.69. The molecule has 1 amide bonds. The average molecular weight is 381 g/mol. The van der Waals surface area contributed by atoms with Crippen LogP contribution in [0.2, 0.25) is 0 Å². The van der Waals surface area contributed by atoms with E-state index in [9.17, 15) is 9.59 Å². The van der Waals surface area contributed by atoms with E-state index < -0.39 is 12.0 Å². The molecule has 0 unspecified atom stereocenters. The maximum absolute atomic E-state index is 11.9. The van der Waals surface area contributed by atoms with Crippen molar-refractivity contribution in [1.29, 1.82) is 0 Å². The largest absolute Gasteiger partial charge is 0.496 e. The number of halogens is 1. The fraction of sp³-hybridized carbons (Fsp3) is 0.333. The number of ether oxygens (including phenoxy) is 2. The molecule has 0 aliphatic heterocycles. The van der Waals surface area contributed by atoms with Crippen LogP contribution in [0, 0.1) is 0 Å². The van der Waals surface area contributed by atoms with Crippen molar-refractivity contribution < 1.29 is 19.1 Å². The number of amides is 1. The summed E-state index contributed by atoms with van der Waals surface area (Å²) in [4.78, 5) is 26.5. The molecule has 23 heavy (non-hydrogen) atoms. The molecule has 1 aromatic carbocycles. The lowest BCUT2D eigenvalue weighted by atomic mass is 9.93. The molecular formula is C15H18BBrN2O4. The van der Waals surface area contributed by atoms with Gasteiger partial charge in [-0.3, -0.25) is 4.79 Å². The second kappa shape index (κ2) is 7.08. The van der Waals surface area contributed by atoms with E-state index in [1.54, 1.807) is 7.11 Å². The van der Waals surface area contributed by atoms with Gasteiger partial charge in [-0.15, -0.1) is 0 Å². The minimum atomic E-state index is -0.732. The van der Waals surface area contributed by atoms with Gasteiger partial charge >= 0.3 is 5.97 Å². The molecule has 0 saturated heterocycles. The molecule has 0 aliphatic carbocycles. The number of esters is 1. The van der Waals surface area contributed by atoms with Gasteiger partial charge in [0.15, 0.2) is 7.85 Å². The van der Waals surface area contributed by atoms with Gasteiger partial charge < -0.3 is 19.8 Å². The highest BCUT2D eigenvalue weighted by molar-refractivity contribution is 9.10. The summed E-state index contributed by atoms with van der Waals surface area (Å²) in [6, 6.07) is 3.10. The van der Waals surface area contributed by atoms with Crippen molar-refractivity contribution in [3.8, 4) is 5.75 Å². The molecule has 0 saturated carbocycles. The number of fused-ring (bicyclic) bond motifs is 1. The highest BCUT2D eigenvalue weighted by Gasteiger charge is 2.23. The van der Waals surface area contributed by atoms with E-state index >= 15 is 0 Å². The van der Waals surface area contributed by atoms with Gasteiger partial charge in [-0.2, -0.15) is 0 Å². The molecular weight excluding hydrogens is 363 g/mol. The molecule has 1 aromatic heterocycles. The minimum Gasteiger partial charge on any atom is -0.496 e. The Morgan fingerprint density at radius 1 is 1.39 bits per heavy atom. The van der Waals surface area contributed by atoms with E-state index in [1.807, 2.05) is 20.0 Å². The summed E-state index contributed by atoms with van der Waals surface area (Å²) in [6.07, 6.45) is 0.336. The summed E-state index contributed by atoms with van der Waals surface area (Å²) in [5, 5.41) is 3.58. The van der Waals surface area contributed by atoms with Crippen molar-refractivity contribution in [1.82, 2.24) is 10.3 Å². The van der Waals surface area contributed by atoms with E-state index in [2.05, 4.69) is 26.2 Å². The fourth-order valence-electron chi connectivity index (χ4n) is 2.59. The second-order valence-electron chi connectivity index (χ2n) is 5.24. The summed E-state index contributed by atoms with van der Waals surface area (Å²) >= 11 is 3.45. The van der Waals surface area contributed by atoms with Crippen LogP contribution in [0.15, 0.2) is 16.6 Å². The number of aromatic nitrogens is 1. The van der Waals surface area contributed by atoms with Crippen LogP contribution in [0.25, 0.3) is 10.9 Å². The molecule has 2 rings (SSSR count). The lowest BCUT2D eigenvalue weighted by Gasteiger charge is -2.16. The van der Waals surface area contributed by atoms with Gasteiger partial charge in [0.2, 0.25) is 5.91 Å². The Morgan fingerprint density at radius 3 is 2.65 bits per heavy atom. The van der Waals surface area contributed by atoms with Gasteiger partial charge in [-0.25, -0.2) is 4.79 Å². The zero-order chi connectivity index (χ0) is 17.1. The quantitative estimate of drug-likeness (QED) is 0.581. The Balaban J connectivity index is 2.46. The zero-order valence-corrected chi connectivity index (χ0v) is 15.0. The van der Waals surface area contributed by atoms with Crippen LogP contribution in [0.5, 0.6) is 5.75 Å². The van der Waals surface area contributed by atoms with Gasteiger partial charge in [-0.1, -0.05) is 0 Å². The number of methoxy groups -OCH3 is 2. The van der Waals surface area contributed by atoms with Crippen molar-refractivity contribution >= 4 is 52.1 Å². The van der Waals surface area contributed by atoms with E-state index in [0.29, 0.717) is 12.2 Å². The van der Waals surface area contributed by atoms with Crippen molar-refractivity contribution in [3.63, 3.8) is 0 Å². The third-order valence-electron chi connectivity index (χ3n) is 3.66. The molecule has 6 nitrogen and oxygen atoms in total. The maximum atomic E-state index is 11.9. The highest BCUT2D eigenvalue weighted by Crippen LogP contribution is 2.31. The average Bonchev–Trinajstić information content (AvgIpc) is 2.79. The zero-order valence-electron chi connectivity index (χ0n) is 13.5. The molecule has 0 radical (unpaired) electrons. The SMILES string of the molecule is Bc1[nH]c2cc(Br)c(OC)cc2c1C[C@H](NC(C)=O)C(=O)OC. The van der Waals surface area contributed by atoms with Crippen molar-refractivity contribution in [3.05, 3.63) is 22.2 Å². The van der Waals surface area contributed by atoms with Gasteiger partial charge in [0.05, 0.1) is 18.7 Å². The molecule has 0 aliphatic rings. The van der Waals surface area contributed by atoms with Gasteiger partial charge in [0.1, 0.15) is 11.8 Å². The molecule has 0 bridgehead atoms. The third-order valence-corrected chi connectivity index (χ3v) is 4.28. The van der Waals surface area contributed by atoms with E-state index in [4.69, 9.17) is 9.47 Å². The number of hydrogen-bond donors (Lipinski definition) is 2. The lowest BCUT2D eigenvalue weighted by molar-refractivity contribution is -0.144. The Bertz CT molecular complexity index is 760. The summed E-state index contributed by atoms with van der Waals surface area (Å²) in [7, 11) is 4.83. The molecule has 1 heterocycles. The van der Waals surface area contributed by atoms with Gasteiger partial charge in [-0.05, 0) is 39.2 Å². The van der Waals surface area contributed by atoms with Crippen LogP contribution in [-0.2, 0) is 20.7 Å². The van der Waals surface area contributed by atoms with Crippen molar-refractivity contribution in [2.45, 2.75) is 19.4 Å². The van der Waals surface area contributed by atoms with Crippen LogP contribution >= 0.6 is 15.9 Å². The minimum absolute atomic E-state index is 0.279. The van der Waals surface area contributed by atoms with Crippen LogP contribution in [0.3, 0.4) is 0 Å². The Labute approximate surface area is 143 Å². The van der Waals surface area contributed by atoms with E-state index in [0.717, 1.165) is 26.5 Å². The van der Waals surface area contributed by atoms with Crippen molar-refractivity contribution in [2.75, 3.05) is 14.2 Å². The standard InChI is InChI=1S/C15H18BBrN2O4/c1-7(20)18-12(15(21)23-3)4-9-8-5-13(22-2)10(17)6-11(8)19-14(9)16/h5-6,12,19H,4,16H2,1-3H3,(H,18,20)/t12-/m0/s1. The highest BCUT2D eigenvalue weighted by atomic mass is 79.9. The number of aromatic amines is 1. The fourth-order valence-corrected chi connectivity index (χ4v) is 3.10. The Kier molecular flexibility index (Phi) is 5.36. The summed E-state index contributed by atoms with van der Waals surface area (Å²) < 4.78 is 11.0. The predicted octanol–water partition coefficient (Wildman–Crippen LogP) is 0.418. The topological polar surface area (TPSA) is 80.4 Å². The van der Waals surface area contributed by atoms with Crippen LogP contribution in [0.4, 0.5) is 0 Å². The number of hydrogen-bond acceptors (Lipinski definition) is 4. The Hall–Kier alpha value is -1.96. The first kappa shape index (κ1) is 17.4. The van der Waals surface area contributed by atoms with E-state index in [1.165, 1.54) is 14.0 Å². The number of carbonyl (C=O) groups excluding carboxylic acids is 2. The Morgan fingerprint density at radius 2 is 2.09 bits per heavy atom. The first-order valence-corrected chi connectivity index (χ1v) is 7.86. The smallest absolute Gasteiger partial charge is 0.328 e. The number of carbonyl (C=O) groups is 2. The molecule has 8 heteroatoms. The predicted molar refractivity (Wildman–Crippen MR) is 94.1 cm³/mol. The number of benzene rings is 1. The lowest BCUT2D eigenvalue weighted by Crippen LogP contribution is -2.42. The van der Waals surface area contributed by atoms with E-state index in [-0.39, 0.29) is 5.91 Å². The monoisotopic (exact) mass is 380 g/mol. The maximum Gasteiger partial charge on any atom is 0.328 e. The normalized spacial score (nSPS) is 12.0. The van der Waals surface area contributed by atoms with Gasteiger partial charge in [0.25, 0.3) is 0 Å². The van der Waals surface area contributed by atoms with Crippen LogP contribution in [-0.4, -0.2) is 45.0 Å². The molecule has 0 fully saturated rings.